The molecule has 0 unspecified atom stereocenters. The third-order valence-electron chi connectivity index (χ3n) is 3.56. The molecule has 112 valence electrons. The topological polar surface area (TPSA) is 82.2 Å². The van der Waals surface area contributed by atoms with E-state index in [2.05, 4.69) is 24.4 Å². The summed E-state index contributed by atoms with van der Waals surface area (Å²) in [6, 6.07) is 6.84. The number of nitrogen functional groups attached to an aromatic ring is 1. The number of hydrazine groups is 1. The second-order valence-electron chi connectivity index (χ2n) is 4.87. The highest BCUT2D eigenvalue weighted by molar-refractivity contribution is 5.93. The lowest BCUT2D eigenvalue weighted by Gasteiger charge is -2.08. The number of hydrogen-bond acceptors (Lipinski definition) is 4. The Balaban J connectivity index is 1.91. The van der Waals surface area contributed by atoms with Gasteiger partial charge in [-0.05, 0) is 50.6 Å². The molecule has 1 heterocycles. The SMILES string of the molecule is Cc1nn(CCOc2ccc(C(=O)NN)cc2)c(C)c1C. The molecule has 1 aromatic heterocycles. The zero-order valence-electron chi connectivity index (χ0n) is 12.5. The minimum atomic E-state index is -0.320. The van der Waals surface area contributed by atoms with Crippen LogP contribution in [0.4, 0.5) is 0 Å². The van der Waals surface area contributed by atoms with E-state index in [1.54, 1.807) is 24.3 Å². The molecular formula is C15H20N4O2. The van der Waals surface area contributed by atoms with Gasteiger partial charge in [-0.25, -0.2) is 5.84 Å². The molecule has 0 saturated carbocycles. The number of rotatable bonds is 5. The molecule has 2 aromatic rings. The highest BCUT2D eigenvalue weighted by atomic mass is 16.5. The van der Waals surface area contributed by atoms with E-state index in [1.807, 2.05) is 11.6 Å². The minimum absolute atomic E-state index is 0.320. The summed E-state index contributed by atoms with van der Waals surface area (Å²) in [5, 5.41) is 4.46. The van der Waals surface area contributed by atoms with Crippen molar-refractivity contribution >= 4 is 5.91 Å². The molecule has 2 rings (SSSR count). The number of benzene rings is 1. The maximum Gasteiger partial charge on any atom is 0.265 e. The number of aromatic nitrogens is 2. The van der Waals surface area contributed by atoms with Crippen molar-refractivity contribution < 1.29 is 9.53 Å². The highest BCUT2D eigenvalue weighted by Crippen LogP contribution is 2.13. The maximum atomic E-state index is 11.3. The van der Waals surface area contributed by atoms with Crippen molar-refractivity contribution in [1.29, 1.82) is 0 Å². The van der Waals surface area contributed by atoms with E-state index in [4.69, 9.17) is 10.6 Å². The van der Waals surface area contributed by atoms with Gasteiger partial charge in [0, 0.05) is 11.3 Å². The predicted octanol–water partition coefficient (Wildman–Crippen LogP) is 1.49. The van der Waals surface area contributed by atoms with Gasteiger partial charge in [0.1, 0.15) is 12.4 Å². The number of carbonyl (C=O) groups is 1. The van der Waals surface area contributed by atoms with Crippen molar-refractivity contribution in [3.63, 3.8) is 0 Å². The monoisotopic (exact) mass is 288 g/mol. The molecule has 1 amide bonds. The van der Waals surface area contributed by atoms with Crippen LogP contribution in [-0.2, 0) is 6.54 Å². The lowest BCUT2D eigenvalue weighted by Crippen LogP contribution is -2.29. The fraction of sp³-hybridized carbons (Fsp3) is 0.333. The molecular weight excluding hydrogens is 268 g/mol. The number of amides is 1. The van der Waals surface area contributed by atoms with Crippen LogP contribution in [0, 0.1) is 20.8 Å². The van der Waals surface area contributed by atoms with Crippen LogP contribution in [-0.4, -0.2) is 22.3 Å². The highest BCUT2D eigenvalue weighted by Gasteiger charge is 2.07. The number of ether oxygens (including phenoxy) is 1. The van der Waals surface area contributed by atoms with Gasteiger partial charge in [0.05, 0.1) is 12.2 Å². The number of aryl methyl sites for hydroxylation is 1. The summed E-state index contributed by atoms with van der Waals surface area (Å²) in [6.45, 7) is 7.32. The lowest BCUT2D eigenvalue weighted by molar-refractivity contribution is 0.0953. The van der Waals surface area contributed by atoms with Gasteiger partial charge >= 0.3 is 0 Å². The van der Waals surface area contributed by atoms with Crippen LogP contribution in [0.2, 0.25) is 0 Å². The molecule has 0 aliphatic heterocycles. The smallest absolute Gasteiger partial charge is 0.265 e. The fourth-order valence-electron chi connectivity index (χ4n) is 2.04. The van der Waals surface area contributed by atoms with E-state index in [-0.39, 0.29) is 5.91 Å². The van der Waals surface area contributed by atoms with Crippen LogP contribution in [0.1, 0.15) is 27.3 Å². The Kier molecular flexibility index (Phi) is 4.59. The molecule has 0 bridgehead atoms. The number of nitrogens with one attached hydrogen (secondary N) is 1. The van der Waals surface area contributed by atoms with Crippen LogP contribution < -0.4 is 16.0 Å². The molecule has 0 spiro atoms. The van der Waals surface area contributed by atoms with E-state index in [1.165, 1.54) is 5.56 Å². The van der Waals surface area contributed by atoms with Gasteiger partial charge < -0.3 is 4.74 Å². The standard InChI is InChI=1S/C15H20N4O2/c1-10-11(2)18-19(12(10)3)8-9-21-14-6-4-13(5-7-14)15(20)17-16/h4-7H,8-9,16H2,1-3H3,(H,17,20). The molecule has 0 atom stereocenters. The third-order valence-corrected chi connectivity index (χ3v) is 3.56. The molecule has 6 nitrogen and oxygen atoms in total. The second-order valence-corrected chi connectivity index (χ2v) is 4.87. The van der Waals surface area contributed by atoms with Gasteiger partial charge in [0.25, 0.3) is 5.91 Å². The summed E-state index contributed by atoms with van der Waals surface area (Å²) in [5.74, 6) is 5.46. The lowest BCUT2D eigenvalue weighted by atomic mass is 10.2. The zero-order valence-corrected chi connectivity index (χ0v) is 12.5. The summed E-state index contributed by atoms with van der Waals surface area (Å²) in [4.78, 5) is 11.3. The van der Waals surface area contributed by atoms with E-state index >= 15 is 0 Å². The van der Waals surface area contributed by atoms with Crippen molar-refractivity contribution in [1.82, 2.24) is 15.2 Å². The van der Waals surface area contributed by atoms with Crippen LogP contribution in [0.5, 0.6) is 5.75 Å². The summed E-state index contributed by atoms with van der Waals surface area (Å²) < 4.78 is 7.60. The number of nitrogens with zero attached hydrogens (tertiary/aromatic N) is 2. The fourth-order valence-corrected chi connectivity index (χ4v) is 2.04. The largest absolute Gasteiger partial charge is 0.492 e. The quantitative estimate of drug-likeness (QED) is 0.496. The van der Waals surface area contributed by atoms with Crippen LogP contribution in [0.15, 0.2) is 24.3 Å². The first kappa shape index (κ1) is 15.1. The Labute approximate surface area is 123 Å². The zero-order chi connectivity index (χ0) is 15.4. The Morgan fingerprint density at radius 2 is 1.95 bits per heavy atom. The normalized spacial score (nSPS) is 10.5. The van der Waals surface area contributed by atoms with Crippen molar-refractivity contribution in [2.75, 3.05) is 6.61 Å². The van der Waals surface area contributed by atoms with Gasteiger partial charge in [0.2, 0.25) is 0 Å². The van der Waals surface area contributed by atoms with Crippen LogP contribution in [0.25, 0.3) is 0 Å². The Hall–Kier alpha value is -2.34. The van der Waals surface area contributed by atoms with Crippen molar-refractivity contribution in [3.05, 3.63) is 46.8 Å². The number of carbonyl (C=O) groups excluding carboxylic acids is 1. The van der Waals surface area contributed by atoms with Crippen molar-refractivity contribution in [2.45, 2.75) is 27.3 Å². The van der Waals surface area contributed by atoms with Crippen molar-refractivity contribution in [2.24, 2.45) is 5.84 Å². The Bertz CT molecular complexity index is 632. The molecule has 0 aliphatic rings. The molecule has 0 fully saturated rings. The molecule has 3 N–H and O–H groups in total. The van der Waals surface area contributed by atoms with Crippen molar-refractivity contribution in [3.8, 4) is 5.75 Å². The molecule has 0 aliphatic carbocycles. The minimum Gasteiger partial charge on any atom is -0.492 e. The van der Waals surface area contributed by atoms with Gasteiger partial charge in [0.15, 0.2) is 0 Å². The molecule has 1 aromatic carbocycles. The molecule has 0 radical (unpaired) electrons. The Morgan fingerprint density at radius 3 is 2.48 bits per heavy atom. The summed E-state index contributed by atoms with van der Waals surface area (Å²) in [6.07, 6.45) is 0. The first-order chi connectivity index (χ1) is 10.0. The third kappa shape index (κ3) is 3.41. The van der Waals surface area contributed by atoms with Gasteiger partial charge in [-0.3, -0.25) is 14.9 Å². The Morgan fingerprint density at radius 1 is 1.29 bits per heavy atom. The van der Waals surface area contributed by atoms with E-state index in [0.29, 0.717) is 24.5 Å². The van der Waals surface area contributed by atoms with E-state index < -0.39 is 0 Å². The summed E-state index contributed by atoms with van der Waals surface area (Å²) in [7, 11) is 0. The predicted molar refractivity (Wildman–Crippen MR) is 80.0 cm³/mol. The maximum absolute atomic E-state index is 11.3. The average molecular weight is 288 g/mol. The first-order valence-electron chi connectivity index (χ1n) is 6.77. The van der Waals surface area contributed by atoms with Gasteiger partial charge in [-0.15, -0.1) is 0 Å². The van der Waals surface area contributed by atoms with Crippen LogP contribution in [0.3, 0.4) is 0 Å². The molecule has 21 heavy (non-hydrogen) atoms. The first-order valence-corrected chi connectivity index (χ1v) is 6.77. The number of hydrogen-bond donors (Lipinski definition) is 2. The summed E-state index contributed by atoms with van der Waals surface area (Å²) in [5.41, 5.74) is 6.01. The van der Waals surface area contributed by atoms with Gasteiger partial charge in [-0.2, -0.15) is 5.10 Å². The van der Waals surface area contributed by atoms with E-state index in [9.17, 15) is 4.79 Å². The summed E-state index contributed by atoms with van der Waals surface area (Å²) >= 11 is 0. The van der Waals surface area contributed by atoms with E-state index in [0.717, 1.165) is 11.4 Å². The van der Waals surface area contributed by atoms with Gasteiger partial charge in [-0.1, -0.05) is 0 Å². The second kappa shape index (κ2) is 6.41. The number of nitrogens with two attached hydrogens (primary N) is 1. The average Bonchev–Trinajstić information content (AvgIpc) is 2.74. The van der Waals surface area contributed by atoms with Crippen LogP contribution >= 0.6 is 0 Å². The molecule has 0 saturated heterocycles. The molecule has 6 heteroatoms.